The lowest BCUT2D eigenvalue weighted by atomic mass is 9.82. The second-order valence-corrected chi connectivity index (χ2v) is 4.50. The third kappa shape index (κ3) is 3.17. The monoisotopic (exact) mass is 236 g/mol. The molecule has 1 N–H and O–H groups in total. The van der Waals surface area contributed by atoms with E-state index >= 15 is 0 Å². The minimum Gasteiger partial charge on any atom is -0.481 e. The third-order valence-corrected chi connectivity index (χ3v) is 3.20. The van der Waals surface area contributed by atoms with Crippen LogP contribution in [0.5, 0.6) is 5.88 Å². The highest BCUT2D eigenvalue weighted by molar-refractivity contribution is 5.24. The summed E-state index contributed by atoms with van der Waals surface area (Å²) in [5, 5.41) is 3.20. The van der Waals surface area contributed by atoms with Crippen molar-refractivity contribution in [3.8, 4) is 5.88 Å². The Bertz CT molecular complexity index is 351. The molecule has 0 atom stereocenters. The summed E-state index contributed by atoms with van der Waals surface area (Å²) in [5.74, 6) is 1.44. The Balaban J connectivity index is 1.75. The van der Waals surface area contributed by atoms with Crippen LogP contribution in [0.2, 0.25) is 0 Å². The fourth-order valence-corrected chi connectivity index (χ4v) is 2.19. The third-order valence-electron chi connectivity index (χ3n) is 3.20. The average Bonchev–Trinajstić information content (AvgIpc) is 2.32. The van der Waals surface area contributed by atoms with Crippen LogP contribution in [0.1, 0.15) is 18.4 Å². The molecule has 17 heavy (non-hydrogen) atoms. The number of rotatable bonds is 6. The molecule has 1 saturated carbocycles. The second kappa shape index (κ2) is 5.98. The van der Waals surface area contributed by atoms with Gasteiger partial charge in [0.2, 0.25) is 5.88 Å². The lowest BCUT2D eigenvalue weighted by Gasteiger charge is -2.35. The molecule has 0 saturated heterocycles. The van der Waals surface area contributed by atoms with E-state index < -0.39 is 0 Å². The fourth-order valence-electron chi connectivity index (χ4n) is 2.19. The summed E-state index contributed by atoms with van der Waals surface area (Å²) >= 11 is 0. The van der Waals surface area contributed by atoms with E-state index in [1.807, 2.05) is 19.2 Å². The van der Waals surface area contributed by atoms with Crippen LogP contribution in [0.3, 0.4) is 0 Å². The van der Waals surface area contributed by atoms with Crippen LogP contribution in [0.25, 0.3) is 0 Å². The number of nitrogens with zero attached hydrogens (tertiary/aromatic N) is 1. The van der Waals surface area contributed by atoms with Gasteiger partial charge in [0, 0.05) is 11.8 Å². The zero-order valence-electron chi connectivity index (χ0n) is 10.5. The zero-order chi connectivity index (χ0) is 12.1. The van der Waals surface area contributed by atoms with Gasteiger partial charge >= 0.3 is 0 Å². The first-order chi connectivity index (χ1) is 8.33. The predicted octanol–water partition coefficient (Wildman–Crippen LogP) is 1.60. The highest BCUT2D eigenvalue weighted by atomic mass is 16.5. The molecule has 1 aromatic rings. The van der Waals surface area contributed by atoms with Crippen molar-refractivity contribution in [2.24, 2.45) is 5.92 Å². The molecule has 94 valence electrons. The SMILES string of the molecule is CNCC1CC(OCc2cccnc2OC)C1. The fraction of sp³-hybridized carbons (Fsp3) is 0.615. The van der Waals surface area contributed by atoms with Gasteiger partial charge in [-0.3, -0.25) is 0 Å². The van der Waals surface area contributed by atoms with Gasteiger partial charge in [0.15, 0.2) is 0 Å². The van der Waals surface area contributed by atoms with Crippen LogP contribution in [0.4, 0.5) is 0 Å². The summed E-state index contributed by atoms with van der Waals surface area (Å²) in [6.07, 6.45) is 4.44. The number of ether oxygens (including phenoxy) is 2. The molecule has 0 bridgehead atoms. The van der Waals surface area contributed by atoms with E-state index in [2.05, 4.69) is 10.3 Å². The number of hydrogen-bond donors (Lipinski definition) is 1. The van der Waals surface area contributed by atoms with Gasteiger partial charge in [0.25, 0.3) is 0 Å². The van der Waals surface area contributed by atoms with Gasteiger partial charge in [-0.05, 0) is 44.5 Å². The molecular formula is C13H20N2O2. The molecule has 1 aromatic heterocycles. The molecule has 0 spiro atoms. The maximum Gasteiger partial charge on any atom is 0.218 e. The Morgan fingerprint density at radius 1 is 1.47 bits per heavy atom. The summed E-state index contributed by atoms with van der Waals surface area (Å²) in [7, 11) is 3.63. The van der Waals surface area contributed by atoms with Crippen LogP contribution in [-0.2, 0) is 11.3 Å². The molecule has 1 aliphatic rings. The van der Waals surface area contributed by atoms with E-state index in [1.165, 1.54) is 0 Å². The average molecular weight is 236 g/mol. The highest BCUT2D eigenvalue weighted by Crippen LogP contribution is 2.30. The van der Waals surface area contributed by atoms with Crippen molar-refractivity contribution in [1.82, 2.24) is 10.3 Å². The van der Waals surface area contributed by atoms with Gasteiger partial charge in [-0.1, -0.05) is 0 Å². The van der Waals surface area contributed by atoms with E-state index in [0.717, 1.165) is 30.9 Å². The van der Waals surface area contributed by atoms with Gasteiger partial charge in [-0.2, -0.15) is 0 Å². The summed E-state index contributed by atoms with van der Waals surface area (Å²) in [6.45, 7) is 1.68. The molecule has 0 unspecified atom stereocenters. The Labute approximate surface area is 102 Å². The maximum absolute atomic E-state index is 5.84. The second-order valence-electron chi connectivity index (χ2n) is 4.50. The first-order valence-corrected chi connectivity index (χ1v) is 6.07. The smallest absolute Gasteiger partial charge is 0.218 e. The molecule has 1 heterocycles. The van der Waals surface area contributed by atoms with Crippen LogP contribution >= 0.6 is 0 Å². The van der Waals surface area contributed by atoms with E-state index in [-0.39, 0.29) is 0 Å². The standard InChI is InChI=1S/C13H20N2O2/c1-14-8-10-6-12(7-10)17-9-11-4-3-5-15-13(11)16-2/h3-5,10,12,14H,6-9H2,1-2H3. The Morgan fingerprint density at radius 3 is 3.00 bits per heavy atom. The lowest BCUT2D eigenvalue weighted by Crippen LogP contribution is -2.36. The molecule has 0 aromatic carbocycles. The van der Waals surface area contributed by atoms with Crippen molar-refractivity contribution in [3.63, 3.8) is 0 Å². The summed E-state index contributed by atoms with van der Waals surface area (Å²) in [4.78, 5) is 4.15. The van der Waals surface area contributed by atoms with Crippen molar-refractivity contribution in [2.45, 2.75) is 25.6 Å². The van der Waals surface area contributed by atoms with Crippen molar-refractivity contribution >= 4 is 0 Å². The molecular weight excluding hydrogens is 216 g/mol. The molecule has 0 aliphatic heterocycles. The quantitative estimate of drug-likeness (QED) is 0.815. The van der Waals surface area contributed by atoms with Crippen molar-refractivity contribution in [1.29, 1.82) is 0 Å². The van der Waals surface area contributed by atoms with Gasteiger partial charge in [0.1, 0.15) is 0 Å². The summed E-state index contributed by atoms with van der Waals surface area (Å²) in [6, 6.07) is 3.90. The topological polar surface area (TPSA) is 43.4 Å². The van der Waals surface area contributed by atoms with Crippen molar-refractivity contribution in [2.75, 3.05) is 20.7 Å². The van der Waals surface area contributed by atoms with E-state index in [0.29, 0.717) is 18.6 Å². The number of methoxy groups -OCH3 is 1. The zero-order valence-corrected chi connectivity index (χ0v) is 10.5. The van der Waals surface area contributed by atoms with Crippen LogP contribution in [0.15, 0.2) is 18.3 Å². The van der Waals surface area contributed by atoms with E-state index in [1.54, 1.807) is 13.3 Å². The maximum atomic E-state index is 5.84. The van der Waals surface area contributed by atoms with E-state index in [9.17, 15) is 0 Å². The first-order valence-electron chi connectivity index (χ1n) is 6.07. The molecule has 0 radical (unpaired) electrons. The van der Waals surface area contributed by atoms with Crippen molar-refractivity contribution in [3.05, 3.63) is 23.9 Å². The van der Waals surface area contributed by atoms with Gasteiger partial charge in [-0.15, -0.1) is 0 Å². The van der Waals surface area contributed by atoms with Crippen LogP contribution in [0, 0.1) is 5.92 Å². The Kier molecular flexibility index (Phi) is 4.34. The highest BCUT2D eigenvalue weighted by Gasteiger charge is 2.29. The summed E-state index contributed by atoms with van der Waals surface area (Å²) < 4.78 is 11.0. The minimum absolute atomic E-state index is 0.401. The Hall–Kier alpha value is -1.13. The lowest BCUT2D eigenvalue weighted by molar-refractivity contribution is -0.0397. The Morgan fingerprint density at radius 2 is 2.29 bits per heavy atom. The molecule has 1 aliphatic carbocycles. The van der Waals surface area contributed by atoms with Crippen LogP contribution < -0.4 is 10.1 Å². The molecule has 0 amide bonds. The van der Waals surface area contributed by atoms with Crippen molar-refractivity contribution < 1.29 is 9.47 Å². The molecule has 4 heteroatoms. The number of pyridine rings is 1. The van der Waals surface area contributed by atoms with E-state index in [4.69, 9.17) is 9.47 Å². The van der Waals surface area contributed by atoms with Crippen LogP contribution in [-0.4, -0.2) is 31.8 Å². The molecule has 1 fully saturated rings. The predicted molar refractivity (Wildman–Crippen MR) is 66.0 cm³/mol. The normalized spacial score (nSPS) is 23.2. The molecule has 2 rings (SSSR count). The molecule has 4 nitrogen and oxygen atoms in total. The number of nitrogens with one attached hydrogen (secondary N) is 1. The largest absolute Gasteiger partial charge is 0.481 e. The number of hydrogen-bond acceptors (Lipinski definition) is 4. The minimum atomic E-state index is 0.401. The summed E-state index contributed by atoms with van der Waals surface area (Å²) in [5.41, 5.74) is 1.02. The van der Waals surface area contributed by atoms with Gasteiger partial charge in [0.05, 0.1) is 19.8 Å². The van der Waals surface area contributed by atoms with Gasteiger partial charge < -0.3 is 14.8 Å². The first kappa shape index (κ1) is 12.3. The van der Waals surface area contributed by atoms with Gasteiger partial charge in [-0.25, -0.2) is 4.98 Å². The number of aromatic nitrogens is 1.